The van der Waals surface area contributed by atoms with E-state index in [-0.39, 0.29) is 24.3 Å². The van der Waals surface area contributed by atoms with Crippen LogP contribution in [0.25, 0.3) is 0 Å². The molecule has 2 rings (SSSR count). The van der Waals surface area contributed by atoms with Crippen LogP contribution in [-0.4, -0.2) is 49.6 Å². The second kappa shape index (κ2) is 7.68. The third-order valence-corrected chi connectivity index (χ3v) is 3.85. The van der Waals surface area contributed by atoms with E-state index in [1.807, 2.05) is 19.9 Å². The molecule has 24 heavy (non-hydrogen) atoms. The first-order chi connectivity index (χ1) is 11.5. The van der Waals surface area contributed by atoms with E-state index in [1.165, 1.54) is 7.11 Å². The largest absolute Gasteiger partial charge is 0.493 e. The number of benzene rings is 1. The molecule has 0 radical (unpaired) electrons. The number of rotatable bonds is 5. The summed E-state index contributed by atoms with van der Waals surface area (Å²) >= 11 is 0. The first-order valence-corrected chi connectivity index (χ1v) is 7.76. The van der Waals surface area contributed by atoms with Crippen LogP contribution >= 0.6 is 0 Å². The van der Waals surface area contributed by atoms with Gasteiger partial charge in [0.2, 0.25) is 5.91 Å². The Morgan fingerprint density at radius 1 is 1.46 bits per heavy atom. The van der Waals surface area contributed by atoms with Gasteiger partial charge in [0.25, 0.3) is 5.91 Å². The summed E-state index contributed by atoms with van der Waals surface area (Å²) in [5, 5.41) is 11.7. The van der Waals surface area contributed by atoms with Gasteiger partial charge in [-0.15, -0.1) is 0 Å². The molecule has 1 aliphatic rings. The lowest BCUT2D eigenvalue weighted by molar-refractivity contribution is -0.146. The zero-order chi connectivity index (χ0) is 17.7. The van der Waals surface area contributed by atoms with Gasteiger partial charge in [-0.1, -0.05) is 13.8 Å². The number of piperazine rings is 1. The van der Waals surface area contributed by atoms with Gasteiger partial charge in [-0.2, -0.15) is 5.26 Å². The fourth-order valence-electron chi connectivity index (χ4n) is 2.71. The monoisotopic (exact) mass is 331 g/mol. The van der Waals surface area contributed by atoms with Crippen LogP contribution in [0.5, 0.6) is 11.5 Å². The standard InChI is InChI=1S/C17H21N3O4/c1-11(2)16-17(22)19-6-7-20(16)15(21)10-24-13-5-4-12(9-18)8-14(13)23-3/h4-5,8,11,16H,6-7,10H2,1-3H3,(H,19,22). The molecule has 7 heteroatoms. The summed E-state index contributed by atoms with van der Waals surface area (Å²) in [4.78, 5) is 26.0. The summed E-state index contributed by atoms with van der Waals surface area (Å²) < 4.78 is 10.7. The summed E-state index contributed by atoms with van der Waals surface area (Å²) in [5.74, 6) is 0.389. The molecular formula is C17H21N3O4. The van der Waals surface area contributed by atoms with Crippen molar-refractivity contribution in [3.05, 3.63) is 23.8 Å². The van der Waals surface area contributed by atoms with Gasteiger partial charge in [0, 0.05) is 19.2 Å². The minimum absolute atomic E-state index is 0.0127. The van der Waals surface area contributed by atoms with Crippen LogP contribution in [0, 0.1) is 17.2 Å². The van der Waals surface area contributed by atoms with E-state index >= 15 is 0 Å². The highest BCUT2D eigenvalue weighted by Crippen LogP contribution is 2.28. The molecule has 0 aromatic heterocycles. The highest BCUT2D eigenvalue weighted by atomic mass is 16.5. The fraction of sp³-hybridized carbons (Fsp3) is 0.471. The van der Waals surface area contributed by atoms with Gasteiger partial charge in [-0.3, -0.25) is 9.59 Å². The second-order valence-electron chi connectivity index (χ2n) is 5.83. The van der Waals surface area contributed by atoms with E-state index in [0.717, 1.165) is 0 Å². The smallest absolute Gasteiger partial charge is 0.261 e. The summed E-state index contributed by atoms with van der Waals surface area (Å²) in [6.07, 6.45) is 0. The molecule has 0 spiro atoms. The number of nitrogens with one attached hydrogen (secondary N) is 1. The van der Waals surface area contributed by atoms with Crippen LogP contribution in [-0.2, 0) is 9.59 Å². The third kappa shape index (κ3) is 3.77. The molecule has 7 nitrogen and oxygen atoms in total. The van der Waals surface area contributed by atoms with Crippen molar-refractivity contribution in [3.8, 4) is 17.6 Å². The van der Waals surface area contributed by atoms with Gasteiger partial charge >= 0.3 is 0 Å². The molecule has 2 amide bonds. The Labute approximate surface area is 141 Å². The van der Waals surface area contributed by atoms with Crippen molar-refractivity contribution in [2.75, 3.05) is 26.8 Å². The van der Waals surface area contributed by atoms with Crippen molar-refractivity contribution in [3.63, 3.8) is 0 Å². The van der Waals surface area contributed by atoms with Gasteiger partial charge < -0.3 is 19.7 Å². The molecule has 0 bridgehead atoms. The molecule has 1 aromatic carbocycles. The highest BCUT2D eigenvalue weighted by molar-refractivity contribution is 5.89. The summed E-state index contributed by atoms with van der Waals surface area (Å²) in [7, 11) is 1.47. The second-order valence-corrected chi connectivity index (χ2v) is 5.83. The van der Waals surface area contributed by atoms with E-state index in [0.29, 0.717) is 30.2 Å². The van der Waals surface area contributed by atoms with Gasteiger partial charge in [-0.25, -0.2) is 0 Å². The number of hydrogen-bond donors (Lipinski definition) is 1. The average Bonchev–Trinajstić information content (AvgIpc) is 2.58. The molecular weight excluding hydrogens is 310 g/mol. The average molecular weight is 331 g/mol. The molecule has 1 atom stereocenters. The van der Waals surface area contributed by atoms with Crippen LogP contribution in [0.3, 0.4) is 0 Å². The van der Waals surface area contributed by atoms with Gasteiger partial charge in [0.05, 0.1) is 18.7 Å². The molecule has 128 valence electrons. The van der Waals surface area contributed by atoms with E-state index < -0.39 is 6.04 Å². The van der Waals surface area contributed by atoms with E-state index in [4.69, 9.17) is 14.7 Å². The van der Waals surface area contributed by atoms with Crippen molar-refractivity contribution >= 4 is 11.8 Å². The molecule has 0 saturated carbocycles. The van der Waals surface area contributed by atoms with E-state index in [9.17, 15) is 9.59 Å². The Balaban J connectivity index is 2.07. The van der Waals surface area contributed by atoms with E-state index in [1.54, 1.807) is 23.1 Å². The van der Waals surface area contributed by atoms with Crippen molar-refractivity contribution < 1.29 is 19.1 Å². The predicted octanol–water partition coefficient (Wildman–Crippen LogP) is 0.929. The quantitative estimate of drug-likeness (QED) is 0.866. The van der Waals surface area contributed by atoms with Gasteiger partial charge in [0.15, 0.2) is 18.1 Å². The Morgan fingerprint density at radius 2 is 2.21 bits per heavy atom. The summed E-state index contributed by atoms with van der Waals surface area (Å²) in [6, 6.07) is 6.25. The van der Waals surface area contributed by atoms with Crippen molar-refractivity contribution in [1.82, 2.24) is 10.2 Å². The minimum atomic E-state index is -0.488. The van der Waals surface area contributed by atoms with E-state index in [2.05, 4.69) is 5.32 Å². The lowest BCUT2D eigenvalue weighted by Gasteiger charge is -2.37. The number of nitriles is 1. The molecule has 1 N–H and O–H groups in total. The van der Waals surface area contributed by atoms with Crippen LogP contribution < -0.4 is 14.8 Å². The van der Waals surface area contributed by atoms with Crippen molar-refractivity contribution in [2.45, 2.75) is 19.9 Å². The van der Waals surface area contributed by atoms with Crippen LogP contribution in [0.1, 0.15) is 19.4 Å². The molecule has 1 saturated heterocycles. The maximum absolute atomic E-state index is 12.5. The van der Waals surface area contributed by atoms with Crippen molar-refractivity contribution in [2.24, 2.45) is 5.92 Å². The van der Waals surface area contributed by atoms with Gasteiger partial charge in [-0.05, 0) is 18.1 Å². The number of carbonyl (C=O) groups is 2. The molecule has 1 unspecified atom stereocenters. The number of methoxy groups -OCH3 is 1. The lowest BCUT2D eigenvalue weighted by Crippen LogP contribution is -2.60. The number of nitrogens with zero attached hydrogens (tertiary/aromatic N) is 2. The first kappa shape index (κ1) is 17.6. The summed E-state index contributed by atoms with van der Waals surface area (Å²) in [5.41, 5.74) is 0.443. The van der Waals surface area contributed by atoms with Crippen LogP contribution in [0.4, 0.5) is 0 Å². The molecule has 1 aromatic rings. The van der Waals surface area contributed by atoms with Crippen LogP contribution in [0.15, 0.2) is 18.2 Å². The zero-order valence-electron chi connectivity index (χ0n) is 14.0. The topological polar surface area (TPSA) is 91.7 Å². The number of carbonyl (C=O) groups excluding carboxylic acids is 2. The lowest BCUT2D eigenvalue weighted by atomic mass is 9.99. The van der Waals surface area contributed by atoms with Gasteiger partial charge in [0.1, 0.15) is 6.04 Å². The Hall–Kier alpha value is -2.75. The first-order valence-electron chi connectivity index (χ1n) is 7.76. The number of amides is 2. The minimum Gasteiger partial charge on any atom is -0.493 e. The normalized spacial score (nSPS) is 17.2. The van der Waals surface area contributed by atoms with Crippen molar-refractivity contribution in [1.29, 1.82) is 5.26 Å². The Kier molecular flexibility index (Phi) is 5.64. The maximum atomic E-state index is 12.5. The third-order valence-electron chi connectivity index (χ3n) is 3.85. The predicted molar refractivity (Wildman–Crippen MR) is 86.6 cm³/mol. The zero-order valence-corrected chi connectivity index (χ0v) is 14.0. The Morgan fingerprint density at radius 3 is 2.83 bits per heavy atom. The molecule has 1 heterocycles. The number of hydrogen-bond acceptors (Lipinski definition) is 5. The SMILES string of the molecule is COc1cc(C#N)ccc1OCC(=O)N1CCNC(=O)C1C(C)C. The fourth-order valence-corrected chi connectivity index (χ4v) is 2.71. The Bertz CT molecular complexity index is 666. The molecule has 1 aliphatic heterocycles. The highest BCUT2D eigenvalue weighted by Gasteiger charge is 2.35. The summed E-state index contributed by atoms with van der Waals surface area (Å²) in [6.45, 7) is 4.51. The molecule has 1 fully saturated rings. The maximum Gasteiger partial charge on any atom is 0.261 e. The number of ether oxygens (including phenoxy) is 2. The molecule has 0 aliphatic carbocycles. The van der Waals surface area contributed by atoms with Crippen LogP contribution in [0.2, 0.25) is 0 Å².